The first-order chi connectivity index (χ1) is 7.27. The largest absolute Gasteiger partial charge is 0.330 e. The number of benzene rings is 1. The van der Waals surface area contributed by atoms with Crippen LogP contribution in [0.4, 0.5) is 0 Å². The van der Waals surface area contributed by atoms with Gasteiger partial charge in [0, 0.05) is 24.0 Å². The second-order valence-electron chi connectivity index (χ2n) is 4.18. The van der Waals surface area contributed by atoms with E-state index in [0.29, 0.717) is 0 Å². The highest BCUT2D eigenvalue weighted by Gasteiger charge is 2.19. The maximum absolute atomic E-state index is 6.38. The molecule has 1 aromatic carbocycles. The van der Waals surface area contributed by atoms with Crippen LogP contribution >= 0.6 is 11.6 Å². The second-order valence-corrected chi connectivity index (χ2v) is 4.55. The molecule has 1 aliphatic rings. The average molecular weight is 221 g/mol. The van der Waals surface area contributed by atoms with Crippen LogP contribution in [0.1, 0.15) is 5.69 Å². The average Bonchev–Trinajstić information content (AvgIpc) is 2.54. The fraction of sp³-hybridized carbons (Fsp3) is 0.333. The molecule has 0 aliphatic carbocycles. The topological polar surface area (TPSA) is 8.17 Å². The van der Waals surface area contributed by atoms with E-state index in [0.717, 1.165) is 24.7 Å². The third kappa shape index (κ3) is 1.29. The summed E-state index contributed by atoms with van der Waals surface area (Å²) in [5.41, 5.74) is 2.54. The maximum atomic E-state index is 6.38. The normalized spacial score (nSPS) is 16.9. The number of hydrogen-bond donors (Lipinski definition) is 0. The van der Waals surface area contributed by atoms with Gasteiger partial charge in [0.15, 0.2) is 0 Å². The smallest absolute Gasteiger partial charge is 0.0751 e. The fourth-order valence-electron chi connectivity index (χ4n) is 2.33. The molecule has 1 aliphatic heterocycles. The molecule has 0 amide bonds. The van der Waals surface area contributed by atoms with Crippen molar-refractivity contribution in [2.24, 2.45) is 0 Å². The Morgan fingerprint density at radius 2 is 2.07 bits per heavy atom. The number of fused-ring (bicyclic) bond motifs is 3. The number of nitrogens with zero attached hydrogens (tertiary/aromatic N) is 2. The van der Waals surface area contributed by atoms with Crippen molar-refractivity contribution in [3.63, 3.8) is 0 Å². The van der Waals surface area contributed by atoms with Crippen molar-refractivity contribution in [1.29, 1.82) is 0 Å². The van der Waals surface area contributed by atoms with Crippen molar-refractivity contribution >= 4 is 22.5 Å². The molecule has 0 saturated carbocycles. The molecule has 2 heterocycles. The Bertz CT molecular complexity index is 516. The van der Waals surface area contributed by atoms with E-state index in [4.69, 9.17) is 11.6 Å². The number of hydrogen-bond acceptors (Lipinski definition) is 1. The number of rotatable bonds is 0. The van der Waals surface area contributed by atoms with Gasteiger partial charge in [0.2, 0.25) is 0 Å². The third-order valence-corrected chi connectivity index (χ3v) is 3.55. The van der Waals surface area contributed by atoms with E-state index in [1.807, 2.05) is 6.07 Å². The number of aromatic nitrogens is 1. The van der Waals surface area contributed by atoms with Crippen molar-refractivity contribution in [3.05, 3.63) is 35.0 Å². The van der Waals surface area contributed by atoms with Gasteiger partial charge in [0.1, 0.15) is 0 Å². The quantitative estimate of drug-likeness (QED) is 0.663. The molecule has 0 atom stereocenters. The summed E-state index contributed by atoms with van der Waals surface area (Å²) in [6.07, 6.45) is 1.05. The lowest BCUT2D eigenvalue weighted by molar-refractivity contribution is 0.245. The zero-order valence-corrected chi connectivity index (χ0v) is 9.46. The summed E-state index contributed by atoms with van der Waals surface area (Å²) in [5.74, 6) is 0. The van der Waals surface area contributed by atoms with Gasteiger partial charge in [-0.2, -0.15) is 0 Å². The summed E-state index contributed by atoms with van der Waals surface area (Å²) in [5, 5.41) is 2.13. The highest BCUT2D eigenvalue weighted by Crippen LogP contribution is 2.32. The zero-order chi connectivity index (χ0) is 10.4. The molecule has 0 saturated heterocycles. The summed E-state index contributed by atoms with van der Waals surface area (Å²) in [6, 6.07) is 8.36. The van der Waals surface area contributed by atoms with Crippen molar-refractivity contribution in [2.75, 3.05) is 13.6 Å². The monoisotopic (exact) mass is 220 g/mol. The first kappa shape index (κ1) is 9.25. The molecule has 15 heavy (non-hydrogen) atoms. The van der Waals surface area contributed by atoms with E-state index in [2.05, 4.69) is 34.7 Å². The molecule has 0 spiro atoms. The lowest BCUT2D eigenvalue weighted by Gasteiger charge is -2.25. The SMILES string of the molecule is CN1CCc2c(Cl)c3ccccc3n2C1. The molecule has 2 aromatic rings. The predicted octanol–water partition coefficient (Wildman–Crippen LogP) is 2.74. The minimum absolute atomic E-state index is 0.943. The fourth-order valence-corrected chi connectivity index (χ4v) is 2.69. The Hall–Kier alpha value is -0.990. The summed E-state index contributed by atoms with van der Waals surface area (Å²) >= 11 is 6.38. The molecule has 0 N–H and O–H groups in total. The van der Waals surface area contributed by atoms with Gasteiger partial charge in [0.05, 0.1) is 17.2 Å². The van der Waals surface area contributed by atoms with Gasteiger partial charge in [-0.3, -0.25) is 4.90 Å². The first-order valence-electron chi connectivity index (χ1n) is 5.21. The molecule has 2 nitrogen and oxygen atoms in total. The Balaban J connectivity index is 2.33. The van der Waals surface area contributed by atoms with Crippen LogP contribution in [0, 0.1) is 0 Å². The van der Waals surface area contributed by atoms with Gasteiger partial charge in [-0.05, 0) is 13.1 Å². The minimum Gasteiger partial charge on any atom is -0.330 e. The van der Waals surface area contributed by atoms with Crippen LogP contribution in [0.25, 0.3) is 10.9 Å². The van der Waals surface area contributed by atoms with Crippen LogP contribution in [0.2, 0.25) is 5.02 Å². The molecule has 1 aromatic heterocycles. The van der Waals surface area contributed by atoms with Crippen LogP contribution in [-0.4, -0.2) is 23.1 Å². The van der Waals surface area contributed by atoms with E-state index in [1.54, 1.807) is 0 Å². The molecule has 0 bridgehead atoms. The van der Waals surface area contributed by atoms with Gasteiger partial charge >= 0.3 is 0 Å². The van der Waals surface area contributed by atoms with Crippen LogP contribution in [-0.2, 0) is 13.1 Å². The van der Waals surface area contributed by atoms with Crippen LogP contribution in [0.5, 0.6) is 0 Å². The summed E-state index contributed by atoms with van der Waals surface area (Å²) in [7, 11) is 2.14. The minimum atomic E-state index is 0.943. The summed E-state index contributed by atoms with van der Waals surface area (Å²) in [4.78, 5) is 2.32. The van der Waals surface area contributed by atoms with Gasteiger partial charge in [-0.25, -0.2) is 0 Å². The molecule has 0 unspecified atom stereocenters. The highest BCUT2D eigenvalue weighted by atomic mass is 35.5. The van der Waals surface area contributed by atoms with E-state index < -0.39 is 0 Å². The zero-order valence-electron chi connectivity index (χ0n) is 8.70. The van der Waals surface area contributed by atoms with E-state index >= 15 is 0 Å². The highest BCUT2D eigenvalue weighted by molar-refractivity contribution is 6.36. The van der Waals surface area contributed by atoms with Crippen molar-refractivity contribution in [3.8, 4) is 0 Å². The second kappa shape index (κ2) is 3.26. The van der Waals surface area contributed by atoms with Crippen molar-refractivity contribution < 1.29 is 0 Å². The predicted molar refractivity (Wildman–Crippen MR) is 63.3 cm³/mol. The van der Waals surface area contributed by atoms with Gasteiger partial charge < -0.3 is 4.57 Å². The Labute approximate surface area is 94.0 Å². The maximum Gasteiger partial charge on any atom is 0.0751 e. The van der Waals surface area contributed by atoms with Crippen LogP contribution < -0.4 is 0 Å². The van der Waals surface area contributed by atoms with Gasteiger partial charge in [-0.1, -0.05) is 29.8 Å². The van der Waals surface area contributed by atoms with Crippen LogP contribution in [0.3, 0.4) is 0 Å². The van der Waals surface area contributed by atoms with E-state index in [1.165, 1.54) is 16.6 Å². The van der Waals surface area contributed by atoms with Crippen molar-refractivity contribution in [2.45, 2.75) is 13.1 Å². The molecule has 3 heteroatoms. The third-order valence-electron chi connectivity index (χ3n) is 3.12. The molecule has 0 radical (unpaired) electrons. The number of halogens is 1. The van der Waals surface area contributed by atoms with Gasteiger partial charge in [0.25, 0.3) is 0 Å². The summed E-state index contributed by atoms with van der Waals surface area (Å²) in [6.45, 7) is 2.04. The Morgan fingerprint density at radius 3 is 2.93 bits per heavy atom. The van der Waals surface area contributed by atoms with Crippen LogP contribution in [0.15, 0.2) is 24.3 Å². The van der Waals surface area contributed by atoms with Crippen molar-refractivity contribution in [1.82, 2.24) is 9.47 Å². The standard InChI is InChI=1S/C12H13ClN2/c1-14-7-6-11-12(13)9-4-2-3-5-10(9)15(11)8-14/h2-5H,6-8H2,1H3. The molecular weight excluding hydrogens is 208 g/mol. The lowest BCUT2D eigenvalue weighted by Crippen LogP contribution is -2.30. The molecule has 3 rings (SSSR count). The van der Waals surface area contributed by atoms with Gasteiger partial charge in [-0.15, -0.1) is 0 Å². The summed E-state index contributed by atoms with van der Waals surface area (Å²) < 4.78 is 2.32. The molecule has 0 fully saturated rings. The Morgan fingerprint density at radius 1 is 1.27 bits per heavy atom. The van der Waals surface area contributed by atoms with E-state index in [-0.39, 0.29) is 0 Å². The lowest BCUT2D eigenvalue weighted by atomic mass is 10.2. The number of para-hydroxylation sites is 1. The Kier molecular flexibility index (Phi) is 2.01. The molecular formula is C12H13ClN2. The molecule has 78 valence electrons. The number of likely N-dealkylation sites (N-methyl/N-ethyl adjacent to an activating group) is 1. The first-order valence-corrected chi connectivity index (χ1v) is 5.59. The van der Waals surface area contributed by atoms with E-state index in [9.17, 15) is 0 Å².